The number of hydrogen-bond donors (Lipinski definition) is 0. The molecule has 3 nitrogen and oxygen atoms in total. The third-order valence-electron chi connectivity index (χ3n) is 3.97. The van der Waals surface area contributed by atoms with Crippen molar-refractivity contribution >= 4 is 6.16 Å². The van der Waals surface area contributed by atoms with Gasteiger partial charge in [0.2, 0.25) is 0 Å². The Labute approximate surface area is 149 Å². The van der Waals surface area contributed by atoms with Crippen LogP contribution in [0.15, 0.2) is 24.7 Å². The highest BCUT2D eigenvalue weighted by atomic mass is 16.7. The van der Waals surface area contributed by atoms with E-state index >= 15 is 0 Å². The third kappa shape index (κ3) is 18.8. The largest absolute Gasteiger partial charge is 0.518 e. The van der Waals surface area contributed by atoms with Gasteiger partial charge in [0.25, 0.3) is 0 Å². The molecule has 0 rings (SSSR count). The summed E-state index contributed by atoms with van der Waals surface area (Å²) in [6.07, 6.45) is 23.2. The first-order valence-electron chi connectivity index (χ1n) is 9.98. The second kappa shape index (κ2) is 19.8. The van der Waals surface area contributed by atoms with Gasteiger partial charge < -0.3 is 9.47 Å². The molecule has 0 aromatic heterocycles. The van der Waals surface area contributed by atoms with E-state index in [-0.39, 0.29) is 0 Å². The minimum Gasteiger partial charge on any atom is -0.403 e. The molecule has 0 aliphatic rings. The maximum Gasteiger partial charge on any atom is 0.518 e. The lowest BCUT2D eigenvalue weighted by Crippen LogP contribution is -1.97. The monoisotopic (exact) mass is 338 g/mol. The Morgan fingerprint density at radius 3 is 1.42 bits per heavy atom. The van der Waals surface area contributed by atoms with Crippen LogP contribution < -0.4 is 0 Å². The Balaban J connectivity index is 3.36. The lowest BCUT2D eigenvalue weighted by atomic mass is 10.1. The van der Waals surface area contributed by atoms with Crippen molar-refractivity contribution in [2.45, 2.75) is 104 Å². The Morgan fingerprint density at radius 2 is 1.00 bits per heavy atom. The van der Waals surface area contributed by atoms with Gasteiger partial charge in [-0.25, -0.2) is 4.79 Å². The van der Waals surface area contributed by atoms with Crippen molar-refractivity contribution in [1.82, 2.24) is 0 Å². The Morgan fingerprint density at radius 1 is 0.625 bits per heavy atom. The van der Waals surface area contributed by atoms with E-state index in [1.807, 2.05) is 12.2 Å². The van der Waals surface area contributed by atoms with Gasteiger partial charge in [0.05, 0.1) is 12.5 Å². The molecule has 0 saturated heterocycles. The van der Waals surface area contributed by atoms with Crippen molar-refractivity contribution < 1.29 is 14.3 Å². The quantitative estimate of drug-likeness (QED) is 0.164. The smallest absolute Gasteiger partial charge is 0.403 e. The normalized spacial score (nSPS) is 11.4. The first-order valence-corrected chi connectivity index (χ1v) is 9.98. The molecule has 0 heterocycles. The maximum atomic E-state index is 11.3. The van der Waals surface area contributed by atoms with Crippen LogP contribution in [0, 0.1) is 0 Å². The molecule has 0 spiro atoms. The van der Waals surface area contributed by atoms with E-state index in [2.05, 4.69) is 13.8 Å². The van der Waals surface area contributed by atoms with E-state index in [1.165, 1.54) is 76.7 Å². The van der Waals surface area contributed by atoms with Crippen LogP contribution >= 0.6 is 0 Å². The van der Waals surface area contributed by atoms with Crippen molar-refractivity contribution in [2.75, 3.05) is 0 Å². The highest BCUT2D eigenvalue weighted by molar-refractivity contribution is 5.61. The summed E-state index contributed by atoms with van der Waals surface area (Å²) in [6, 6.07) is 0. The summed E-state index contributed by atoms with van der Waals surface area (Å²) in [5.74, 6) is 0. The topological polar surface area (TPSA) is 35.5 Å². The van der Waals surface area contributed by atoms with Crippen LogP contribution in [-0.4, -0.2) is 6.16 Å². The van der Waals surface area contributed by atoms with Gasteiger partial charge in [-0.2, -0.15) is 0 Å². The van der Waals surface area contributed by atoms with Gasteiger partial charge in [-0.1, -0.05) is 78.1 Å². The highest BCUT2D eigenvalue weighted by Crippen LogP contribution is 2.08. The van der Waals surface area contributed by atoms with E-state index < -0.39 is 6.16 Å². The van der Waals surface area contributed by atoms with Crippen molar-refractivity contribution in [2.24, 2.45) is 0 Å². The zero-order chi connectivity index (χ0) is 17.7. The van der Waals surface area contributed by atoms with Crippen molar-refractivity contribution in [3.63, 3.8) is 0 Å². The van der Waals surface area contributed by atoms with Gasteiger partial charge in [-0.15, -0.1) is 0 Å². The van der Waals surface area contributed by atoms with Crippen molar-refractivity contribution in [3.05, 3.63) is 24.7 Å². The summed E-state index contributed by atoms with van der Waals surface area (Å²) in [7, 11) is 0. The second-order valence-electron chi connectivity index (χ2n) is 6.34. The second-order valence-corrected chi connectivity index (χ2v) is 6.34. The average Bonchev–Trinajstić information content (AvgIpc) is 2.59. The predicted molar refractivity (Wildman–Crippen MR) is 102 cm³/mol. The molecule has 0 saturated carbocycles. The molecule has 3 heteroatoms. The van der Waals surface area contributed by atoms with Crippen molar-refractivity contribution in [1.29, 1.82) is 0 Å². The number of unbranched alkanes of at least 4 members (excludes halogenated alkanes) is 12. The fraction of sp³-hybridized carbons (Fsp3) is 0.762. The summed E-state index contributed by atoms with van der Waals surface area (Å²) in [5.41, 5.74) is 0. The number of allylic oxidation sites excluding steroid dienone is 2. The summed E-state index contributed by atoms with van der Waals surface area (Å²) < 4.78 is 9.73. The first-order chi connectivity index (χ1) is 11.8. The zero-order valence-electron chi connectivity index (χ0n) is 15.9. The number of carbonyl (C=O) groups is 1. The van der Waals surface area contributed by atoms with Crippen molar-refractivity contribution in [3.8, 4) is 0 Å². The van der Waals surface area contributed by atoms with Crippen LogP contribution in [0.1, 0.15) is 104 Å². The molecule has 0 aliphatic carbocycles. The van der Waals surface area contributed by atoms with Gasteiger partial charge >= 0.3 is 6.16 Å². The molecule has 0 aromatic carbocycles. The molecular formula is C21H38O3. The van der Waals surface area contributed by atoms with Crippen LogP contribution in [0.3, 0.4) is 0 Å². The molecule has 0 fully saturated rings. The molecule has 0 aliphatic heterocycles. The molecular weight excluding hydrogens is 300 g/mol. The maximum absolute atomic E-state index is 11.3. The molecule has 0 amide bonds. The number of hydrogen-bond acceptors (Lipinski definition) is 3. The van der Waals surface area contributed by atoms with E-state index in [0.29, 0.717) is 0 Å². The summed E-state index contributed by atoms with van der Waals surface area (Å²) in [6.45, 7) is 4.45. The summed E-state index contributed by atoms with van der Waals surface area (Å²) in [4.78, 5) is 11.3. The van der Waals surface area contributed by atoms with E-state index in [9.17, 15) is 4.79 Å². The lowest BCUT2D eigenvalue weighted by Gasteiger charge is -1.99. The van der Waals surface area contributed by atoms with Crippen LogP contribution in [-0.2, 0) is 9.47 Å². The fourth-order valence-corrected chi connectivity index (χ4v) is 2.46. The van der Waals surface area contributed by atoms with Crippen LogP contribution in [0.2, 0.25) is 0 Å². The molecule has 0 atom stereocenters. The third-order valence-corrected chi connectivity index (χ3v) is 3.97. The van der Waals surface area contributed by atoms with E-state index in [1.54, 1.807) is 0 Å². The molecule has 0 unspecified atom stereocenters. The van der Waals surface area contributed by atoms with Gasteiger partial charge in [-0.3, -0.25) is 0 Å². The number of rotatable bonds is 16. The van der Waals surface area contributed by atoms with Gasteiger partial charge in [0, 0.05) is 0 Å². The Bertz CT molecular complexity index is 291. The zero-order valence-corrected chi connectivity index (χ0v) is 15.9. The molecule has 140 valence electrons. The molecule has 0 N–H and O–H groups in total. The number of ether oxygens (including phenoxy) is 2. The molecule has 0 bridgehead atoms. The molecule has 0 aromatic rings. The first kappa shape index (κ1) is 22.8. The minimum absolute atomic E-state index is 0.659. The van der Waals surface area contributed by atoms with Crippen LogP contribution in [0.4, 0.5) is 4.79 Å². The predicted octanol–water partition coefficient (Wildman–Crippen LogP) is 7.67. The van der Waals surface area contributed by atoms with E-state index in [0.717, 1.165) is 25.7 Å². The van der Waals surface area contributed by atoms with Gasteiger partial charge in [-0.05, 0) is 37.8 Å². The SMILES string of the molecule is CCCCCCCC/C=C/OC(=O)O/C=C/CCCCCCCC. The lowest BCUT2D eigenvalue weighted by molar-refractivity contribution is 0.119. The highest BCUT2D eigenvalue weighted by Gasteiger charge is 1.97. The van der Waals surface area contributed by atoms with Gasteiger partial charge in [0.15, 0.2) is 0 Å². The van der Waals surface area contributed by atoms with E-state index in [4.69, 9.17) is 9.47 Å². The summed E-state index contributed by atoms with van der Waals surface area (Å²) in [5, 5.41) is 0. The average molecular weight is 339 g/mol. The van der Waals surface area contributed by atoms with Gasteiger partial charge in [0.1, 0.15) is 0 Å². The summed E-state index contributed by atoms with van der Waals surface area (Å²) >= 11 is 0. The Kier molecular flexibility index (Phi) is 18.8. The standard InChI is InChI=1S/C21H38O3/c1-3-5-7-9-11-13-15-17-19-23-21(22)24-20-18-16-14-12-10-8-6-4-2/h17-20H,3-16H2,1-2H3/b19-17+,20-18+. The number of carbonyl (C=O) groups excluding carboxylic acids is 1. The molecule has 24 heavy (non-hydrogen) atoms. The minimum atomic E-state index is -0.659. The molecule has 0 radical (unpaired) electrons. The Hall–Kier alpha value is -1.25. The fourth-order valence-electron chi connectivity index (χ4n) is 2.46. The van der Waals surface area contributed by atoms with Crippen LogP contribution in [0.5, 0.6) is 0 Å². The van der Waals surface area contributed by atoms with Crippen LogP contribution in [0.25, 0.3) is 0 Å².